The summed E-state index contributed by atoms with van der Waals surface area (Å²) in [6.45, 7) is 1.59. The van der Waals surface area contributed by atoms with Crippen LogP contribution in [0.1, 0.15) is 13.3 Å². The molecule has 0 aromatic heterocycles. The molecule has 0 radical (unpaired) electrons. The van der Waals surface area contributed by atoms with E-state index in [9.17, 15) is 4.79 Å². The van der Waals surface area contributed by atoms with Crippen molar-refractivity contribution in [3.8, 4) is 12.3 Å². The van der Waals surface area contributed by atoms with E-state index in [-0.39, 0.29) is 6.42 Å². The van der Waals surface area contributed by atoms with Gasteiger partial charge in [-0.05, 0) is 6.42 Å². The van der Waals surface area contributed by atoms with E-state index in [2.05, 4.69) is 0 Å². The standard InChI is InChI=1S/C6H9NO2/c1-3-6(9,4-2)5(7)8/h1,9H,4H2,2H3,(H2,7,8)/t6-/m0/s1. The number of aliphatic hydroxyl groups is 1. The van der Waals surface area contributed by atoms with Crippen LogP contribution >= 0.6 is 0 Å². The number of carbonyl (C=O) groups is 1. The molecule has 0 spiro atoms. The summed E-state index contributed by atoms with van der Waals surface area (Å²) in [7, 11) is 0. The molecule has 0 aliphatic rings. The number of nitrogens with two attached hydrogens (primary N) is 1. The lowest BCUT2D eigenvalue weighted by Crippen LogP contribution is -2.41. The summed E-state index contributed by atoms with van der Waals surface area (Å²) >= 11 is 0. The summed E-state index contributed by atoms with van der Waals surface area (Å²) < 4.78 is 0. The Bertz CT molecular complexity index is 159. The van der Waals surface area contributed by atoms with Crippen molar-refractivity contribution >= 4 is 5.91 Å². The fourth-order valence-electron chi connectivity index (χ4n) is 0.347. The summed E-state index contributed by atoms with van der Waals surface area (Å²) in [6.07, 6.45) is 4.97. The highest BCUT2D eigenvalue weighted by molar-refractivity contribution is 5.86. The van der Waals surface area contributed by atoms with Crippen LogP contribution in [0.2, 0.25) is 0 Å². The van der Waals surface area contributed by atoms with E-state index < -0.39 is 11.5 Å². The highest BCUT2D eigenvalue weighted by Gasteiger charge is 2.28. The van der Waals surface area contributed by atoms with E-state index in [1.807, 2.05) is 5.92 Å². The van der Waals surface area contributed by atoms with Gasteiger partial charge in [-0.1, -0.05) is 12.8 Å². The van der Waals surface area contributed by atoms with Gasteiger partial charge in [-0.2, -0.15) is 0 Å². The molecule has 1 amide bonds. The Labute approximate surface area is 53.9 Å². The van der Waals surface area contributed by atoms with Crippen molar-refractivity contribution in [2.75, 3.05) is 0 Å². The first-order chi connectivity index (χ1) is 4.06. The molecule has 0 saturated heterocycles. The topological polar surface area (TPSA) is 63.3 Å². The zero-order chi connectivity index (χ0) is 7.49. The first kappa shape index (κ1) is 7.99. The van der Waals surface area contributed by atoms with E-state index >= 15 is 0 Å². The maximum absolute atomic E-state index is 10.3. The number of hydrogen-bond acceptors (Lipinski definition) is 2. The summed E-state index contributed by atoms with van der Waals surface area (Å²) in [4.78, 5) is 10.3. The third-order valence-electron chi connectivity index (χ3n) is 1.16. The average Bonchev–Trinajstić information content (AvgIpc) is 1.86. The van der Waals surface area contributed by atoms with Gasteiger partial charge in [0.1, 0.15) is 0 Å². The zero-order valence-corrected chi connectivity index (χ0v) is 5.22. The molecule has 50 valence electrons. The van der Waals surface area contributed by atoms with Gasteiger partial charge >= 0.3 is 0 Å². The van der Waals surface area contributed by atoms with Gasteiger partial charge in [-0.25, -0.2) is 0 Å². The molecule has 3 nitrogen and oxygen atoms in total. The summed E-state index contributed by atoms with van der Waals surface area (Å²) in [5.41, 5.74) is 3.01. The molecule has 1 atom stereocenters. The molecule has 0 aromatic rings. The molecule has 9 heavy (non-hydrogen) atoms. The van der Waals surface area contributed by atoms with Crippen molar-refractivity contribution in [3.05, 3.63) is 0 Å². The van der Waals surface area contributed by atoms with Crippen LogP contribution in [0, 0.1) is 12.3 Å². The van der Waals surface area contributed by atoms with Gasteiger partial charge in [0, 0.05) is 0 Å². The predicted molar refractivity (Wildman–Crippen MR) is 33.3 cm³/mol. The zero-order valence-electron chi connectivity index (χ0n) is 5.22. The van der Waals surface area contributed by atoms with Crippen LogP contribution in [0.15, 0.2) is 0 Å². The molecular weight excluding hydrogens is 118 g/mol. The minimum absolute atomic E-state index is 0.152. The molecule has 3 N–H and O–H groups in total. The Morgan fingerprint density at radius 2 is 2.44 bits per heavy atom. The smallest absolute Gasteiger partial charge is 0.262 e. The second-order valence-corrected chi connectivity index (χ2v) is 1.72. The van der Waals surface area contributed by atoms with Gasteiger partial charge in [0.05, 0.1) is 0 Å². The normalized spacial score (nSPS) is 15.7. The minimum atomic E-state index is -1.75. The molecule has 0 bridgehead atoms. The summed E-state index contributed by atoms with van der Waals surface area (Å²) in [5, 5.41) is 9.00. The molecule has 0 rings (SSSR count). The fourth-order valence-corrected chi connectivity index (χ4v) is 0.347. The van der Waals surface area contributed by atoms with E-state index in [1.165, 1.54) is 0 Å². The molecule has 3 heteroatoms. The molecule has 0 aromatic carbocycles. The monoisotopic (exact) mass is 127 g/mol. The minimum Gasteiger partial charge on any atom is -0.369 e. The van der Waals surface area contributed by atoms with Crippen LogP contribution in [0.5, 0.6) is 0 Å². The average molecular weight is 127 g/mol. The van der Waals surface area contributed by atoms with Gasteiger partial charge in [0.2, 0.25) is 5.60 Å². The fraction of sp³-hybridized carbons (Fsp3) is 0.500. The molecule has 0 aliphatic heterocycles. The quantitative estimate of drug-likeness (QED) is 0.479. The maximum Gasteiger partial charge on any atom is 0.262 e. The second kappa shape index (κ2) is 2.51. The van der Waals surface area contributed by atoms with Crippen LogP contribution < -0.4 is 5.73 Å². The van der Waals surface area contributed by atoms with Crippen molar-refractivity contribution < 1.29 is 9.90 Å². The van der Waals surface area contributed by atoms with Crippen molar-refractivity contribution in [1.29, 1.82) is 0 Å². The van der Waals surface area contributed by atoms with Crippen molar-refractivity contribution in [1.82, 2.24) is 0 Å². The lowest BCUT2D eigenvalue weighted by atomic mass is 10.0. The first-order valence-electron chi connectivity index (χ1n) is 2.57. The highest BCUT2D eigenvalue weighted by atomic mass is 16.3. The van der Waals surface area contributed by atoms with Gasteiger partial charge in [-0.3, -0.25) is 4.79 Å². The first-order valence-corrected chi connectivity index (χ1v) is 2.57. The Morgan fingerprint density at radius 3 is 2.44 bits per heavy atom. The lowest BCUT2D eigenvalue weighted by molar-refractivity contribution is -0.131. The SMILES string of the molecule is C#C[C@](O)(CC)C(N)=O. The van der Waals surface area contributed by atoms with Gasteiger partial charge < -0.3 is 10.8 Å². The summed E-state index contributed by atoms with van der Waals surface area (Å²) in [5.74, 6) is 1.04. The van der Waals surface area contributed by atoms with Crippen LogP contribution in [0.3, 0.4) is 0 Å². The van der Waals surface area contributed by atoms with Crippen LogP contribution in [0.4, 0.5) is 0 Å². The second-order valence-electron chi connectivity index (χ2n) is 1.72. The van der Waals surface area contributed by atoms with E-state index in [4.69, 9.17) is 17.3 Å². The van der Waals surface area contributed by atoms with Gasteiger partial charge in [0.15, 0.2) is 0 Å². The Hall–Kier alpha value is -1.01. The van der Waals surface area contributed by atoms with Crippen molar-refractivity contribution in [3.63, 3.8) is 0 Å². The molecule has 0 unspecified atom stereocenters. The molecule has 0 fully saturated rings. The van der Waals surface area contributed by atoms with E-state index in [0.29, 0.717) is 0 Å². The number of primary amides is 1. The Balaban J connectivity index is 4.33. The number of carbonyl (C=O) groups excluding carboxylic acids is 1. The summed E-state index contributed by atoms with van der Waals surface area (Å²) in [6, 6.07) is 0. The predicted octanol–water partition coefficient (Wildman–Crippen LogP) is -0.754. The van der Waals surface area contributed by atoms with Crippen molar-refractivity contribution in [2.24, 2.45) is 5.73 Å². The van der Waals surface area contributed by atoms with E-state index in [0.717, 1.165) is 0 Å². The van der Waals surface area contributed by atoms with Gasteiger partial charge in [-0.15, -0.1) is 6.42 Å². The largest absolute Gasteiger partial charge is 0.369 e. The Kier molecular flexibility index (Phi) is 2.23. The van der Waals surface area contributed by atoms with Crippen LogP contribution in [-0.4, -0.2) is 16.6 Å². The molecule has 0 saturated carbocycles. The number of terminal acetylenes is 1. The molecular formula is C6H9NO2. The molecule has 0 heterocycles. The number of hydrogen-bond donors (Lipinski definition) is 2. The van der Waals surface area contributed by atoms with Crippen LogP contribution in [-0.2, 0) is 4.79 Å². The maximum atomic E-state index is 10.3. The third kappa shape index (κ3) is 1.44. The van der Waals surface area contributed by atoms with Crippen LogP contribution in [0.25, 0.3) is 0 Å². The van der Waals surface area contributed by atoms with E-state index in [1.54, 1.807) is 6.92 Å². The number of rotatable bonds is 2. The highest BCUT2D eigenvalue weighted by Crippen LogP contribution is 2.05. The van der Waals surface area contributed by atoms with Gasteiger partial charge in [0.25, 0.3) is 5.91 Å². The Morgan fingerprint density at radius 1 is 2.00 bits per heavy atom. The third-order valence-corrected chi connectivity index (χ3v) is 1.16. The molecule has 0 aliphatic carbocycles. The lowest BCUT2D eigenvalue weighted by Gasteiger charge is -2.13. The van der Waals surface area contributed by atoms with Crippen molar-refractivity contribution in [2.45, 2.75) is 18.9 Å². The number of amides is 1.